The van der Waals surface area contributed by atoms with Gasteiger partial charge >= 0.3 is 5.97 Å². The number of ether oxygens (including phenoxy) is 6. The third-order valence-corrected chi connectivity index (χ3v) is 10.4. The van der Waals surface area contributed by atoms with Crippen LogP contribution in [0.5, 0.6) is 11.5 Å². The molecule has 61 heavy (non-hydrogen) atoms. The van der Waals surface area contributed by atoms with Gasteiger partial charge in [-0.05, 0) is 30.9 Å². The predicted octanol–water partition coefficient (Wildman–Crippen LogP) is -2.14. The highest BCUT2D eigenvalue weighted by Gasteiger charge is 2.55. The Morgan fingerprint density at radius 1 is 0.705 bits per heavy atom. The molecule has 1 aromatic carbocycles. The first kappa shape index (κ1) is 50.3. The number of rotatable bonds is 20. The van der Waals surface area contributed by atoms with Crippen molar-refractivity contribution in [3.05, 3.63) is 71.9 Å². The zero-order valence-electron chi connectivity index (χ0n) is 33.5. The average Bonchev–Trinajstić information content (AvgIpc) is 3.24. The van der Waals surface area contributed by atoms with Crippen molar-refractivity contribution in [3.8, 4) is 11.5 Å². The van der Waals surface area contributed by atoms with Crippen LogP contribution in [0.15, 0.2) is 60.7 Å². The summed E-state index contributed by atoms with van der Waals surface area (Å²) in [5.41, 5.74) is -0.361. The van der Waals surface area contributed by atoms with E-state index in [2.05, 4.69) is 6.92 Å². The quantitative estimate of drug-likeness (QED) is 0.0288. The van der Waals surface area contributed by atoms with Crippen molar-refractivity contribution in [2.45, 2.75) is 144 Å². The third kappa shape index (κ3) is 13.1. The Balaban J connectivity index is 1.62. The zero-order valence-corrected chi connectivity index (χ0v) is 33.5. The lowest BCUT2D eigenvalue weighted by Gasteiger charge is -2.49. The summed E-state index contributed by atoms with van der Waals surface area (Å²) in [5, 5.41) is 136. The summed E-state index contributed by atoms with van der Waals surface area (Å²) in [6.07, 6.45) is -11.2. The Morgan fingerprint density at radius 2 is 1.34 bits per heavy atom. The van der Waals surface area contributed by atoms with Crippen LogP contribution in [-0.4, -0.2) is 184 Å². The molecule has 0 bridgehead atoms. The zero-order chi connectivity index (χ0) is 44.8. The van der Waals surface area contributed by atoms with Crippen LogP contribution in [0.3, 0.4) is 0 Å². The van der Waals surface area contributed by atoms with E-state index >= 15 is 0 Å². The molecular formula is C41H60O20. The molecule has 4 rings (SSSR count). The molecule has 0 amide bonds. The lowest BCUT2D eigenvalue weighted by molar-refractivity contribution is -0.383. The number of esters is 1. The number of hydrogen-bond acceptors (Lipinski definition) is 20. The van der Waals surface area contributed by atoms with E-state index in [0.717, 1.165) is 43.9 Å². The highest BCUT2D eigenvalue weighted by molar-refractivity contribution is 5.82. The van der Waals surface area contributed by atoms with E-state index in [0.29, 0.717) is 0 Å². The summed E-state index contributed by atoms with van der Waals surface area (Å²) in [5.74, 6) is -2.19. The number of aliphatic hydroxyl groups is 11. The number of hydrogen-bond donors (Lipinski definition) is 13. The van der Waals surface area contributed by atoms with Crippen molar-refractivity contribution in [1.82, 2.24) is 0 Å². The van der Waals surface area contributed by atoms with Crippen molar-refractivity contribution in [3.63, 3.8) is 0 Å². The number of carbonyl (C=O) groups excluding carboxylic acids is 1. The van der Waals surface area contributed by atoms with Crippen LogP contribution in [0.25, 0.3) is 0 Å². The molecule has 3 aliphatic heterocycles. The van der Waals surface area contributed by atoms with Crippen LogP contribution in [0.4, 0.5) is 0 Å². The molecule has 20 nitrogen and oxygen atoms in total. The minimum absolute atomic E-state index is 0.112. The Labute approximate surface area is 352 Å². The van der Waals surface area contributed by atoms with E-state index in [4.69, 9.17) is 28.4 Å². The van der Waals surface area contributed by atoms with Gasteiger partial charge in [0.1, 0.15) is 84.7 Å². The molecule has 3 heterocycles. The molecule has 0 saturated carbocycles. The molecule has 3 saturated heterocycles. The van der Waals surface area contributed by atoms with Crippen LogP contribution in [0.2, 0.25) is 0 Å². The third-order valence-electron chi connectivity index (χ3n) is 10.4. The number of phenols is 2. The Morgan fingerprint density at radius 3 is 2.00 bits per heavy atom. The van der Waals surface area contributed by atoms with Gasteiger partial charge in [0.25, 0.3) is 0 Å². The van der Waals surface area contributed by atoms with Crippen molar-refractivity contribution < 1.29 is 99.6 Å². The molecule has 3 aliphatic rings. The van der Waals surface area contributed by atoms with E-state index in [1.54, 1.807) is 18.2 Å². The maximum Gasteiger partial charge on any atom is 0.331 e. The Hall–Kier alpha value is -3.39. The molecule has 3 fully saturated rings. The smallest absolute Gasteiger partial charge is 0.331 e. The van der Waals surface area contributed by atoms with Gasteiger partial charge in [0.2, 0.25) is 0 Å². The molecular weight excluding hydrogens is 812 g/mol. The fraction of sp³-hybridized carbons (Fsp3) is 0.634. The van der Waals surface area contributed by atoms with E-state index in [9.17, 15) is 71.2 Å². The summed E-state index contributed by atoms with van der Waals surface area (Å²) in [6.45, 7) is -1.34. The van der Waals surface area contributed by atoms with Crippen LogP contribution < -0.4 is 0 Å². The Kier molecular flexibility index (Phi) is 20.1. The van der Waals surface area contributed by atoms with Gasteiger partial charge in [-0.25, -0.2) is 4.79 Å². The topological polar surface area (TPSA) is 335 Å². The minimum atomic E-state index is -2.02. The second-order valence-corrected chi connectivity index (χ2v) is 14.9. The molecule has 0 spiro atoms. The average molecular weight is 873 g/mol. The number of benzene rings is 1. The van der Waals surface area contributed by atoms with Gasteiger partial charge < -0.3 is 94.8 Å². The summed E-state index contributed by atoms with van der Waals surface area (Å²) in [7, 11) is 0. The molecule has 0 aromatic heterocycles. The molecule has 20 heteroatoms. The second-order valence-electron chi connectivity index (χ2n) is 14.9. The van der Waals surface area contributed by atoms with Gasteiger partial charge in [0.15, 0.2) is 18.7 Å². The molecule has 13 N–H and O–H groups in total. The van der Waals surface area contributed by atoms with Gasteiger partial charge in [-0.15, -0.1) is 0 Å². The molecule has 16 atom stereocenters. The Bertz CT molecular complexity index is 1620. The van der Waals surface area contributed by atoms with Gasteiger partial charge in [-0.2, -0.15) is 0 Å². The van der Waals surface area contributed by atoms with Crippen LogP contribution in [0.1, 0.15) is 56.3 Å². The number of allylic oxidation sites excluding steroid dienone is 5. The lowest BCUT2D eigenvalue weighted by Crippen LogP contribution is -2.66. The summed E-state index contributed by atoms with van der Waals surface area (Å²) in [4.78, 5) is 13.3. The van der Waals surface area contributed by atoms with Crippen molar-refractivity contribution in [2.24, 2.45) is 0 Å². The first-order chi connectivity index (χ1) is 29.2. The summed E-state index contributed by atoms with van der Waals surface area (Å²) < 4.78 is 34.6. The van der Waals surface area contributed by atoms with E-state index < -0.39 is 142 Å². The molecule has 0 aliphatic carbocycles. The van der Waals surface area contributed by atoms with Crippen molar-refractivity contribution in [1.29, 1.82) is 0 Å². The maximum atomic E-state index is 13.3. The van der Waals surface area contributed by atoms with Crippen LogP contribution in [0, 0.1) is 0 Å². The fourth-order valence-electron chi connectivity index (χ4n) is 7.11. The molecule has 0 radical (unpaired) electrons. The van der Waals surface area contributed by atoms with Crippen molar-refractivity contribution in [2.75, 3.05) is 19.8 Å². The minimum Gasteiger partial charge on any atom is -0.508 e. The first-order valence-corrected chi connectivity index (χ1v) is 20.1. The van der Waals surface area contributed by atoms with Crippen LogP contribution in [-0.2, 0) is 39.8 Å². The molecule has 344 valence electrons. The largest absolute Gasteiger partial charge is 0.508 e. The summed E-state index contributed by atoms with van der Waals surface area (Å²) >= 11 is 0. The van der Waals surface area contributed by atoms with Gasteiger partial charge in [0.05, 0.1) is 32.5 Å². The monoisotopic (exact) mass is 872 g/mol. The van der Waals surface area contributed by atoms with Gasteiger partial charge in [-0.1, -0.05) is 62.3 Å². The normalized spacial score (nSPS) is 35.4. The highest BCUT2D eigenvalue weighted by Crippen LogP contribution is 2.43. The number of aliphatic hydroxyl groups excluding tert-OH is 11. The van der Waals surface area contributed by atoms with Crippen molar-refractivity contribution >= 4 is 5.97 Å². The standard InChI is InChI=1S/C41H60O20/c1-2-3-4-5-6-7-9-12-22(46)13-10-8-11-14-28(49)59-38-35(55)37(29-21(17-42)15-23(47)16-24(29)48)56-27(20-45)36(38)60-41-39(33(53)31(51)26(19-44)58-41)61-40-34(54)32(52)30(50)25(18-43)57-40/h6-12,14-16,22,25-27,30-48,50-55H,2-5,13,17-20H2,1H3. The fourth-order valence-corrected chi connectivity index (χ4v) is 7.11. The molecule has 1 aromatic rings. The maximum absolute atomic E-state index is 13.3. The number of phenolic OH excluding ortho intramolecular Hbond substituents is 2. The number of aromatic hydroxyl groups is 2. The predicted molar refractivity (Wildman–Crippen MR) is 209 cm³/mol. The van der Waals surface area contributed by atoms with E-state index in [1.807, 2.05) is 12.2 Å². The number of carbonyl (C=O) groups is 1. The van der Waals surface area contributed by atoms with Gasteiger partial charge in [0, 0.05) is 17.7 Å². The van der Waals surface area contributed by atoms with E-state index in [-0.39, 0.29) is 17.5 Å². The SMILES string of the molecule is CCCCCC=CC=CC(O)CC=CC=CC(=O)OC1C(O)C(c2c(O)cc(O)cc2CO)OC(CO)C1OC1OC(CO)C(O)C(O)C1OC1OC(CO)C(O)C(O)C1O. The second kappa shape index (κ2) is 24.5. The summed E-state index contributed by atoms with van der Waals surface area (Å²) in [6, 6.07) is 1.97. The van der Waals surface area contributed by atoms with Crippen LogP contribution >= 0.6 is 0 Å². The lowest BCUT2D eigenvalue weighted by atomic mass is 9.88. The number of unbranched alkanes of at least 4 members (excludes halogenated alkanes) is 3. The molecule has 16 unspecified atom stereocenters. The van der Waals surface area contributed by atoms with Gasteiger partial charge in [-0.3, -0.25) is 0 Å². The highest BCUT2D eigenvalue weighted by atomic mass is 16.8. The van der Waals surface area contributed by atoms with E-state index in [1.165, 1.54) is 12.2 Å². The first-order valence-electron chi connectivity index (χ1n) is 20.1.